The highest BCUT2D eigenvalue weighted by Gasteiger charge is 2.27. The van der Waals surface area contributed by atoms with Crippen LogP contribution >= 0.6 is 0 Å². The number of fused-ring (bicyclic) bond motifs is 2. The number of carbonyl (C=O) groups excluding carboxylic acids is 1. The highest BCUT2D eigenvalue weighted by molar-refractivity contribution is 5.95. The summed E-state index contributed by atoms with van der Waals surface area (Å²) >= 11 is 0. The molecule has 1 aliphatic heterocycles. The van der Waals surface area contributed by atoms with Crippen molar-refractivity contribution in [3.8, 4) is 0 Å². The average Bonchev–Trinajstić information content (AvgIpc) is 3.31. The van der Waals surface area contributed by atoms with Gasteiger partial charge in [0.15, 0.2) is 0 Å². The lowest BCUT2D eigenvalue weighted by Crippen LogP contribution is -2.26. The first-order chi connectivity index (χ1) is 13.7. The normalized spacial score (nSPS) is 13.1. The van der Waals surface area contributed by atoms with Crippen LogP contribution in [0.3, 0.4) is 0 Å². The number of furan rings is 1. The first-order valence-electron chi connectivity index (χ1n) is 9.00. The first-order valence-corrected chi connectivity index (χ1v) is 9.00. The van der Waals surface area contributed by atoms with E-state index in [-0.39, 0.29) is 11.5 Å². The van der Waals surface area contributed by atoms with E-state index in [2.05, 4.69) is 10.2 Å². The number of hydrogen-bond donors (Lipinski definition) is 0. The van der Waals surface area contributed by atoms with Crippen LogP contribution in [0.25, 0.3) is 10.8 Å². The van der Waals surface area contributed by atoms with Gasteiger partial charge in [-0.3, -0.25) is 4.79 Å². The zero-order chi connectivity index (χ0) is 19.1. The molecule has 0 saturated carbocycles. The standard InChI is InChI=1S/C22H16FN3O2/c23-20-6-5-14(8-21-18-4-2-1-3-15(18)9-24-25-21)7-19(20)22(27)26-10-16-12-28-13-17(16)11-26/h1-7,9,12-13H,8,10-11H2. The van der Waals surface area contributed by atoms with Crippen LogP contribution in [0.4, 0.5) is 4.39 Å². The van der Waals surface area contributed by atoms with Crippen molar-refractivity contribution in [1.29, 1.82) is 0 Å². The molecule has 0 atom stereocenters. The maximum atomic E-state index is 14.4. The fourth-order valence-corrected chi connectivity index (χ4v) is 3.67. The Bertz CT molecular complexity index is 1180. The molecule has 28 heavy (non-hydrogen) atoms. The minimum Gasteiger partial charge on any atom is -0.472 e. The Morgan fingerprint density at radius 3 is 2.71 bits per heavy atom. The molecule has 2 aromatic carbocycles. The van der Waals surface area contributed by atoms with Gasteiger partial charge in [-0.05, 0) is 17.7 Å². The van der Waals surface area contributed by atoms with Crippen molar-refractivity contribution < 1.29 is 13.6 Å². The highest BCUT2D eigenvalue weighted by Crippen LogP contribution is 2.26. The van der Waals surface area contributed by atoms with Crippen molar-refractivity contribution in [2.24, 2.45) is 0 Å². The SMILES string of the molecule is O=C(c1cc(Cc2nncc3ccccc23)ccc1F)N1Cc2cocc2C1. The molecular formula is C22H16FN3O2. The van der Waals surface area contributed by atoms with E-state index in [4.69, 9.17) is 4.42 Å². The minimum absolute atomic E-state index is 0.0767. The Morgan fingerprint density at radius 1 is 1.11 bits per heavy atom. The van der Waals surface area contributed by atoms with E-state index in [1.165, 1.54) is 6.07 Å². The highest BCUT2D eigenvalue weighted by atomic mass is 19.1. The second-order valence-corrected chi connectivity index (χ2v) is 6.95. The van der Waals surface area contributed by atoms with E-state index in [0.29, 0.717) is 19.5 Å². The number of benzene rings is 2. The summed E-state index contributed by atoms with van der Waals surface area (Å²) in [5.41, 5.74) is 3.63. The van der Waals surface area contributed by atoms with Crippen molar-refractivity contribution >= 4 is 16.7 Å². The molecule has 5 rings (SSSR count). The molecule has 0 aliphatic carbocycles. The van der Waals surface area contributed by atoms with Gasteiger partial charge in [-0.2, -0.15) is 10.2 Å². The topological polar surface area (TPSA) is 59.2 Å². The largest absolute Gasteiger partial charge is 0.472 e. The predicted octanol–water partition coefficient (Wildman–Crippen LogP) is 4.11. The molecule has 0 N–H and O–H groups in total. The van der Waals surface area contributed by atoms with E-state index in [1.807, 2.05) is 24.3 Å². The lowest BCUT2D eigenvalue weighted by Gasteiger charge is -2.16. The predicted molar refractivity (Wildman–Crippen MR) is 101 cm³/mol. The molecule has 0 spiro atoms. The number of aromatic nitrogens is 2. The number of nitrogens with zero attached hydrogens (tertiary/aromatic N) is 3. The van der Waals surface area contributed by atoms with Crippen LogP contribution < -0.4 is 0 Å². The van der Waals surface area contributed by atoms with E-state index >= 15 is 0 Å². The van der Waals surface area contributed by atoms with E-state index < -0.39 is 5.82 Å². The second kappa shape index (κ2) is 6.56. The van der Waals surface area contributed by atoms with Crippen LogP contribution in [0.1, 0.15) is 32.7 Å². The van der Waals surface area contributed by atoms with Crippen molar-refractivity contribution in [3.63, 3.8) is 0 Å². The van der Waals surface area contributed by atoms with Gasteiger partial charge in [0, 0.05) is 41.4 Å². The molecule has 4 aromatic rings. The molecule has 0 radical (unpaired) electrons. The third-order valence-corrected chi connectivity index (χ3v) is 5.12. The Hall–Kier alpha value is -3.54. The third-order valence-electron chi connectivity index (χ3n) is 5.12. The molecular weight excluding hydrogens is 357 g/mol. The maximum absolute atomic E-state index is 14.4. The Kier molecular flexibility index (Phi) is 3.90. The van der Waals surface area contributed by atoms with Gasteiger partial charge < -0.3 is 9.32 Å². The molecule has 0 unspecified atom stereocenters. The lowest BCUT2D eigenvalue weighted by atomic mass is 10.0. The van der Waals surface area contributed by atoms with Crippen LogP contribution in [-0.2, 0) is 19.5 Å². The summed E-state index contributed by atoms with van der Waals surface area (Å²) in [6.07, 6.45) is 5.46. The Labute approximate surface area is 160 Å². The van der Waals surface area contributed by atoms with E-state index in [0.717, 1.165) is 33.2 Å². The number of amides is 1. The quantitative estimate of drug-likeness (QED) is 0.542. The number of hydrogen-bond acceptors (Lipinski definition) is 4. The number of halogens is 1. The lowest BCUT2D eigenvalue weighted by molar-refractivity contribution is 0.0745. The van der Waals surface area contributed by atoms with Gasteiger partial charge in [0.05, 0.1) is 30.0 Å². The van der Waals surface area contributed by atoms with E-state index in [9.17, 15) is 9.18 Å². The minimum atomic E-state index is -0.519. The van der Waals surface area contributed by atoms with Gasteiger partial charge >= 0.3 is 0 Å². The summed E-state index contributed by atoms with van der Waals surface area (Å²) in [6, 6.07) is 12.5. The number of carbonyl (C=O) groups is 1. The molecule has 3 heterocycles. The van der Waals surface area contributed by atoms with Gasteiger partial charge in [-0.1, -0.05) is 30.3 Å². The Morgan fingerprint density at radius 2 is 1.89 bits per heavy atom. The second-order valence-electron chi connectivity index (χ2n) is 6.95. The summed E-state index contributed by atoms with van der Waals surface area (Å²) < 4.78 is 19.6. The van der Waals surface area contributed by atoms with Crippen molar-refractivity contribution in [2.45, 2.75) is 19.5 Å². The maximum Gasteiger partial charge on any atom is 0.257 e. The van der Waals surface area contributed by atoms with Crippen LogP contribution in [0, 0.1) is 5.82 Å². The molecule has 1 amide bonds. The summed E-state index contributed by atoms with van der Waals surface area (Å²) in [5, 5.41) is 10.3. The van der Waals surface area contributed by atoms with Crippen molar-refractivity contribution in [2.75, 3.05) is 0 Å². The van der Waals surface area contributed by atoms with Gasteiger partial charge in [0.25, 0.3) is 5.91 Å². The monoisotopic (exact) mass is 373 g/mol. The average molecular weight is 373 g/mol. The first kappa shape index (κ1) is 16.6. The summed E-state index contributed by atoms with van der Waals surface area (Å²) in [6.45, 7) is 0.867. The molecule has 0 bridgehead atoms. The van der Waals surface area contributed by atoms with Gasteiger partial charge in [0.1, 0.15) is 5.82 Å². The third kappa shape index (κ3) is 2.83. The zero-order valence-corrected chi connectivity index (χ0v) is 14.9. The van der Waals surface area contributed by atoms with Gasteiger partial charge in [-0.15, -0.1) is 0 Å². The fraction of sp³-hybridized carbons (Fsp3) is 0.136. The fourth-order valence-electron chi connectivity index (χ4n) is 3.67. The van der Waals surface area contributed by atoms with Crippen molar-refractivity contribution in [1.82, 2.24) is 15.1 Å². The molecule has 0 saturated heterocycles. The van der Waals surface area contributed by atoms with Gasteiger partial charge in [0.2, 0.25) is 0 Å². The summed E-state index contributed by atoms with van der Waals surface area (Å²) in [7, 11) is 0. The summed E-state index contributed by atoms with van der Waals surface area (Å²) in [5.74, 6) is -0.839. The molecule has 5 nitrogen and oxygen atoms in total. The molecule has 1 aliphatic rings. The van der Waals surface area contributed by atoms with Crippen LogP contribution in [-0.4, -0.2) is 21.0 Å². The molecule has 0 fully saturated rings. The van der Waals surface area contributed by atoms with E-state index in [1.54, 1.807) is 35.8 Å². The molecule has 6 heteroatoms. The smallest absolute Gasteiger partial charge is 0.257 e. The molecule has 2 aromatic heterocycles. The zero-order valence-electron chi connectivity index (χ0n) is 14.9. The van der Waals surface area contributed by atoms with Crippen LogP contribution in [0.15, 0.2) is 65.6 Å². The van der Waals surface area contributed by atoms with Crippen LogP contribution in [0.5, 0.6) is 0 Å². The summed E-state index contributed by atoms with van der Waals surface area (Å²) in [4.78, 5) is 14.5. The Balaban J connectivity index is 1.44. The van der Waals surface area contributed by atoms with Crippen molar-refractivity contribution in [3.05, 3.63) is 95.0 Å². The van der Waals surface area contributed by atoms with Crippen LogP contribution in [0.2, 0.25) is 0 Å². The number of rotatable bonds is 3. The van der Waals surface area contributed by atoms with Gasteiger partial charge in [-0.25, -0.2) is 4.39 Å². The molecule has 138 valence electrons.